The van der Waals surface area contributed by atoms with Crippen molar-refractivity contribution >= 4 is 23.4 Å². The van der Waals surface area contributed by atoms with E-state index in [2.05, 4.69) is 10.6 Å². The molecule has 0 radical (unpaired) electrons. The fourth-order valence-corrected chi connectivity index (χ4v) is 2.79. The molecule has 0 bridgehead atoms. The molecule has 0 heterocycles. The predicted octanol–water partition coefficient (Wildman–Crippen LogP) is 2.57. The molecule has 3 amide bonds. The van der Waals surface area contributed by atoms with Gasteiger partial charge < -0.3 is 10.6 Å². The second kappa shape index (κ2) is 10.6. The number of benzene rings is 2. The SMILES string of the molecule is CC(C)NCC(=O)N(C(=O)[C@H](C)NC(=O)Cc1cc(F)cc(F)c1)c1ccccc1. The monoisotopic (exact) mass is 417 g/mol. The summed E-state index contributed by atoms with van der Waals surface area (Å²) in [6.45, 7) is 5.15. The number of nitrogens with one attached hydrogen (secondary N) is 2. The molecular weight excluding hydrogens is 392 g/mol. The Labute approximate surface area is 174 Å². The number of hydrogen-bond acceptors (Lipinski definition) is 4. The molecule has 2 rings (SSSR count). The van der Waals surface area contributed by atoms with Gasteiger partial charge >= 0.3 is 0 Å². The van der Waals surface area contributed by atoms with Crippen molar-refractivity contribution in [1.29, 1.82) is 0 Å². The Balaban J connectivity index is 2.12. The van der Waals surface area contributed by atoms with Crippen LogP contribution < -0.4 is 15.5 Å². The van der Waals surface area contributed by atoms with E-state index in [9.17, 15) is 23.2 Å². The number of rotatable bonds is 8. The average molecular weight is 417 g/mol. The van der Waals surface area contributed by atoms with E-state index in [0.29, 0.717) is 11.8 Å². The first-order chi connectivity index (χ1) is 14.2. The van der Waals surface area contributed by atoms with Crippen LogP contribution in [-0.2, 0) is 20.8 Å². The van der Waals surface area contributed by atoms with E-state index in [-0.39, 0.29) is 24.6 Å². The zero-order valence-electron chi connectivity index (χ0n) is 17.1. The second-order valence-electron chi connectivity index (χ2n) is 7.18. The molecule has 0 saturated carbocycles. The summed E-state index contributed by atoms with van der Waals surface area (Å²) in [6, 6.07) is 10.2. The van der Waals surface area contributed by atoms with Crippen molar-refractivity contribution in [3.63, 3.8) is 0 Å². The molecule has 0 spiro atoms. The van der Waals surface area contributed by atoms with Crippen molar-refractivity contribution in [2.45, 2.75) is 39.3 Å². The number of imide groups is 1. The molecule has 2 aromatic rings. The minimum atomic E-state index is -1.03. The summed E-state index contributed by atoms with van der Waals surface area (Å²) in [4.78, 5) is 38.9. The molecule has 0 fully saturated rings. The number of hydrogen-bond donors (Lipinski definition) is 2. The van der Waals surface area contributed by atoms with Gasteiger partial charge in [-0.05, 0) is 36.8 Å². The molecule has 6 nitrogen and oxygen atoms in total. The number of anilines is 1. The molecule has 0 aliphatic heterocycles. The van der Waals surface area contributed by atoms with E-state index in [0.717, 1.165) is 17.0 Å². The van der Waals surface area contributed by atoms with Crippen LogP contribution in [0.3, 0.4) is 0 Å². The molecule has 1 atom stereocenters. The Morgan fingerprint density at radius 3 is 2.13 bits per heavy atom. The van der Waals surface area contributed by atoms with Crippen molar-refractivity contribution in [2.24, 2.45) is 0 Å². The van der Waals surface area contributed by atoms with E-state index in [1.807, 2.05) is 13.8 Å². The third-order valence-corrected chi connectivity index (χ3v) is 4.18. The zero-order valence-corrected chi connectivity index (χ0v) is 17.1. The van der Waals surface area contributed by atoms with Gasteiger partial charge in [-0.3, -0.25) is 14.4 Å². The highest BCUT2D eigenvalue weighted by atomic mass is 19.1. The van der Waals surface area contributed by atoms with Crippen LogP contribution in [0.5, 0.6) is 0 Å². The molecule has 2 N–H and O–H groups in total. The molecule has 0 saturated heterocycles. The maximum absolute atomic E-state index is 13.3. The molecule has 0 aliphatic carbocycles. The van der Waals surface area contributed by atoms with Gasteiger partial charge in [0.05, 0.1) is 18.7 Å². The lowest BCUT2D eigenvalue weighted by Gasteiger charge is -2.25. The van der Waals surface area contributed by atoms with Gasteiger partial charge in [0.15, 0.2) is 0 Å². The van der Waals surface area contributed by atoms with Gasteiger partial charge in [0.1, 0.15) is 17.7 Å². The number of para-hydroxylation sites is 1. The molecular formula is C22H25F2N3O3. The Morgan fingerprint density at radius 1 is 0.967 bits per heavy atom. The number of nitrogens with zero attached hydrogens (tertiary/aromatic N) is 1. The highest BCUT2D eigenvalue weighted by molar-refractivity contribution is 6.17. The molecule has 0 unspecified atom stereocenters. The summed E-state index contributed by atoms with van der Waals surface area (Å²) in [6.07, 6.45) is -0.305. The first-order valence-electron chi connectivity index (χ1n) is 9.57. The van der Waals surface area contributed by atoms with Gasteiger partial charge in [-0.2, -0.15) is 0 Å². The lowest BCUT2D eigenvalue weighted by atomic mass is 10.1. The summed E-state index contributed by atoms with van der Waals surface area (Å²) < 4.78 is 26.6. The summed E-state index contributed by atoms with van der Waals surface area (Å²) >= 11 is 0. The topological polar surface area (TPSA) is 78.5 Å². The van der Waals surface area contributed by atoms with E-state index < -0.39 is 35.4 Å². The second-order valence-corrected chi connectivity index (χ2v) is 7.18. The van der Waals surface area contributed by atoms with E-state index in [1.54, 1.807) is 30.3 Å². The summed E-state index contributed by atoms with van der Waals surface area (Å²) in [5, 5.41) is 5.46. The molecule has 2 aromatic carbocycles. The third-order valence-electron chi connectivity index (χ3n) is 4.18. The quantitative estimate of drug-likeness (QED) is 0.692. The first-order valence-corrected chi connectivity index (χ1v) is 9.57. The van der Waals surface area contributed by atoms with Gasteiger partial charge in [0, 0.05) is 12.1 Å². The molecule has 160 valence electrons. The van der Waals surface area contributed by atoms with Crippen molar-refractivity contribution < 1.29 is 23.2 Å². The molecule has 0 aliphatic rings. The molecule has 8 heteroatoms. The Hall–Kier alpha value is -3.13. The fourth-order valence-electron chi connectivity index (χ4n) is 2.79. The average Bonchev–Trinajstić information content (AvgIpc) is 2.66. The Kier molecular flexibility index (Phi) is 8.17. The predicted molar refractivity (Wildman–Crippen MR) is 110 cm³/mol. The highest BCUT2D eigenvalue weighted by Crippen LogP contribution is 2.15. The Bertz CT molecular complexity index is 884. The lowest BCUT2D eigenvalue weighted by Crippen LogP contribution is -2.52. The standard InChI is InChI=1S/C22H25F2N3O3/c1-14(2)25-13-21(29)27(19-7-5-4-6-8-19)22(30)15(3)26-20(28)11-16-9-17(23)12-18(24)10-16/h4-10,12,14-15,25H,11,13H2,1-3H3,(H,26,28)/t15-/m0/s1. The van der Waals surface area contributed by atoms with Crippen LogP contribution in [-0.4, -0.2) is 36.3 Å². The van der Waals surface area contributed by atoms with Crippen LogP contribution in [0.25, 0.3) is 0 Å². The summed E-state index contributed by atoms with van der Waals surface area (Å²) in [7, 11) is 0. The van der Waals surface area contributed by atoms with E-state index in [4.69, 9.17) is 0 Å². The number of amides is 3. The summed E-state index contributed by atoms with van der Waals surface area (Å²) in [5.41, 5.74) is 0.521. The van der Waals surface area contributed by atoms with Gasteiger partial charge in [0.2, 0.25) is 11.8 Å². The van der Waals surface area contributed by atoms with Gasteiger partial charge in [-0.1, -0.05) is 32.0 Å². The zero-order chi connectivity index (χ0) is 22.3. The highest BCUT2D eigenvalue weighted by Gasteiger charge is 2.28. The lowest BCUT2D eigenvalue weighted by molar-refractivity contribution is -0.130. The van der Waals surface area contributed by atoms with Gasteiger partial charge in [0.25, 0.3) is 5.91 Å². The number of carbonyl (C=O) groups is 3. The number of halogens is 2. The van der Waals surface area contributed by atoms with Crippen LogP contribution in [0.1, 0.15) is 26.3 Å². The smallest absolute Gasteiger partial charge is 0.256 e. The van der Waals surface area contributed by atoms with Crippen LogP contribution in [0, 0.1) is 11.6 Å². The molecule has 0 aromatic heterocycles. The maximum atomic E-state index is 13.3. The summed E-state index contributed by atoms with van der Waals surface area (Å²) in [5.74, 6) is -3.26. The van der Waals surface area contributed by atoms with Crippen molar-refractivity contribution in [1.82, 2.24) is 10.6 Å². The normalized spacial score (nSPS) is 11.8. The van der Waals surface area contributed by atoms with Crippen molar-refractivity contribution in [3.8, 4) is 0 Å². The van der Waals surface area contributed by atoms with Crippen molar-refractivity contribution in [2.75, 3.05) is 11.4 Å². The van der Waals surface area contributed by atoms with E-state index >= 15 is 0 Å². The fraction of sp³-hybridized carbons (Fsp3) is 0.318. The van der Waals surface area contributed by atoms with Crippen LogP contribution in [0.2, 0.25) is 0 Å². The molecule has 30 heavy (non-hydrogen) atoms. The van der Waals surface area contributed by atoms with Gasteiger partial charge in [-0.25, -0.2) is 13.7 Å². The van der Waals surface area contributed by atoms with Crippen LogP contribution in [0.15, 0.2) is 48.5 Å². The Morgan fingerprint density at radius 2 is 1.57 bits per heavy atom. The van der Waals surface area contributed by atoms with Crippen LogP contribution >= 0.6 is 0 Å². The van der Waals surface area contributed by atoms with Crippen LogP contribution in [0.4, 0.5) is 14.5 Å². The minimum absolute atomic E-state index is 0.0467. The van der Waals surface area contributed by atoms with Gasteiger partial charge in [-0.15, -0.1) is 0 Å². The largest absolute Gasteiger partial charge is 0.344 e. The third kappa shape index (κ3) is 6.73. The first kappa shape index (κ1) is 23.2. The van der Waals surface area contributed by atoms with Crippen molar-refractivity contribution in [3.05, 3.63) is 65.7 Å². The number of carbonyl (C=O) groups excluding carboxylic acids is 3. The maximum Gasteiger partial charge on any atom is 0.256 e. The van der Waals surface area contributed by atoms with E-state index in [1.165, 1.54) is 6.92 Å². The minimum Gasteiger partial charge on any atom is -0.344 e.